The number of nitro groups is 1. The third-order valence-electron chi connectivity index (χ3n) is 4.45. The second-order valence-corrected chi connectivity index (χ2v) is 7.14. The van der Waals surface area contributed by atoms with Crippen LogP contribution < -0.4 is 0 Å². The van der Waals surface area contributed by atoms with Gasteiger partial charge in [-0.1, -0.05) is 6.92 Å². The summed E-state index contributed by atoms with van der Waals surface area (Å²) in [5.41, 5.74) is 2.06. The molecule has 7 nitrogen and oxygen atoms in total. The Morgan fingerprint density at radius 2 is 2.14 bits per heavy atom. The molecule has 1 unspecified atom stereocenters. The quantitative estimate of drug-likeness (QED) is 0.324. The number of rotatable bonds is 7. The van der Waals surface area contributed by atoms with E-state index in [2.05, 4.69) is 9.97 Å². The number of aryl methyl sites for hydroxylation is 1. The summed E-state index contributed by atoms with van der Waals surface area (Å²) in [5, 5.41) is 13.7. The molecule has 0 saturated heterocycles. The van der Waals surface area contributed by atoms with Crippen LogP contribution in [0.2, 0.25) is 0 Å². The molecule has 0 aliphatic carbocycles. The van der Waals surface area contributed by atoms with Crippen molar-refractivity contribution in [1.82, 2.24) is 9.97 Å². The molecule has 3 aromatic rings. The predicted molar refractivity (Wildman–Crippen MR) is 106 cm³/mol. The van der Waals surface area contributed by atoms with Crippen molar-refractivity contribution in [3.63, 3.8) is 0 Å². The van der Waals surface area contributed by atoms with Gasteiger partial charge in [-0.2, -0.15) is 0 Å². The van der Waals surface area contributed by atoms with Gasteiger partial charge in [0.2, 0.25) is 0 Å². The monoisotopic (exact) mass is 415 g/mol. The summed E-state index contributed by atoms with van der Waals surface area (Å²) in [7, 11) is 1.24. The number of nitrogens with zero attached hydrogens (tertiary/aromatic N) is 3. The highest BCUT2D eigenvalue weighted by atomic mass is 32.1. The predicted octanol–water partition coefficient (Wildman–Crippen LogP) is 4.31. The molecular weight excluding hydrogens is 397 g/mol. The van der Waals surface area contributed by atoms with Gasteiger partial charge in [0.1, 0.15) is 16.7 Å². The number of carbonyl (C=O) groups is 1. The minimum Gasteiger partial charge on any atom is -0.468 e. The Bertz CT molecular complexity index is 1050. The summed E-state index contributed by atoms with van der Waals surface area (Å²) in [4.78, 5) is 31.9. The third-order valence-corrected chi connectivity index (χ3v) is 5.36. The highest BCUT2D eigenvalue weighted by molar-refractivity contribution is 7.13. The lowest BCUT2D eigenvalue weighted by Gasteiger charge is -2.13. The fraction of sp³-hybridized carbons (Fsp3) is 0.250. The maximum Gasteiger partial charge on any atom is 0.315 e. The zero-order chi connectivity index (χ0) is 21.0. The number of halogens is 1. The number of hydrogen-bond acceptors (Lipinski definition) is 7. The topological polar surface area (TPSA) is 95.2 Å². The molecule has 0 saturated carbocycles. The van der Waals surface area contributed by atoms with Crippen LogP contribution in [-0.2, 0) is 22.4 Å². The number of ether oxygens (including phenoxy) is 1. The number of nitro benzene ring substituents is 1. The van der Waals surface area contributed by atoms with E-state index in [9.17, 15) is 19.3 Å². The van der Waals surface area contributed by atoms with Gasteiger partial charge in [0.05, 0.1) is 17.7 Å². The molecule has 0 radical (unpaired) electrons. The van der Waals surface area contributed by atoms with Crippen molar-refractivity contribution >= 4 is 23.0 Å². The zero-order valence-corrected chi connectivity index (χ0v) is 16.6. The number of aromatic nitrogens is 2. The number of thiazole rings is 1. The fourth-order valence-corrected chi connectivity index (χ4v) is 3.82. The van der Waals surface area contributed by atoms with Crippen LogP contribution in [0, 0.1) is 15.9 Å². The summed E-state index contributed by atoms with van der Waals surface area (Å²) in [6.07, 6.45) is 2.38. The number of carbonyl (C=O) groups excluding carboxylic acids is 1. The molecule has 1 atom stereocenters. The maximum absolute atomic E-state index is 13.7. The molecule has 0 N–H and O–H groups in total. The lowest BCUT2D eigenvalue weighted by molar-refractivity contribution is -0.385. The van der Waals surface area contributed by atoms with Gasteiger partial charge in [-0.15, -0.1) is 11.3 Å². The van der Waals surface area contributed by atoms with E-state index in [4.69, 9.17) is 4.74 Å². The average Bonchev–Trinajstić information content (AvgIpc) is 3.21. The molecule has 9 heteroatoms. The summed E-state index contributed by atoms with van der Waals surface area (Å²) in [6, 6.07) is 6.93. The standard InChI is InChI=1S/C20H18FN3O4S/c1-3-15-9-12(6-7-22-15)19-23-17(11-29-19)16(20(25)28-2)10-13-8-14(21)4-5-18(13)24(26)27/h4-9,11,16H,3,10H2,1-2H3. The molecule has 3 rings (SSSR count). The minimum absolute atomic E-state index is 0.0968. The summed E-state index contributed by atoms with van der Waals surface area (Å²) >= 11 is 1.35. The minimum atomic E-state index is -0.891. The van der Waals surface area contributed by atoms with Crippen molar-refractivity contribution in [2.45, 2.75) is 25.7 Å². The van der Waals surface area contributed by atoms with Crippen LogP contribution in [0.4, 0.5) is 10.1 Å². The van der Waals surface area contributed by atoms with E-state index in [0.29, 0.717) is 10.7 Å². The van der Waals surface area contributed by atoms with Crippen molar-refractivity contribution in [3.05, 3.63) is 74.8 Å². The molecule has 0 aliphatic rings. The van der Waals surface area contributed by atoms with Crippen LogP contribution in [-0.4, -0.2) is 28.0 Å². The van der Waals surface area contributed by atoms with E-state index in [-0.39, 0.29) is 17.7 Å². The molecule has 150 valence electrons. The Morgan fingerprint density at radius 1 is 1.34 bits per heavy atom. The molecule has 0 bridgehead atoms. The van der Waals surface area contributed by atoms with Gasteiger partial charge in [0, 0.05) is 34.5 Å². The van der Waals surface area contributed by atoms with Gasteiger partial charge < -0.3 is 4.74 Å². The molecule has 2 aromatic heterocycles. The molecule has 1 aromatic carbocycles. The highest BCUT2D eigenvalue weighted by Gasteiger charge is 2.28. The van der Waals surface area contributed by atoms with Gasteiger partial charge in [-0.25, -0.2) is 9.37 Å². The smallest absolute Gasteiger partial charge is 0.315 e. The van der Waals surface area contributed by atoms with E-state index in [1.54, 1.807) is 11.6 Å². The fourth-order valence-electron chi connectivity index (χ4n) is 2.95. The summed E-state index contributed by atoms with van der Waals surface area (Å²) in [6.45, 7) is 2.00. The highest BCUT2D eigenvalue weighted by Crippen LogP contribution is 2.32. The lowest BCUT2D eigenvalue weighted by Crippen LogP contribution is -2.18. The Hall–Kier alpha value is -3.20. The van der Waals surface area contributed by atoms with Gasteiger partial charge in [-0.05, 0) is 37.1 Å². The van der Waals surface area contributed by atoms with E-state index < -0.39 is 22.6 Å². The first-order valence-electron chi connectivity index (χ1n) is 8.84. The molecule has 0 amide bonds. The molecule has 0 spiro atoms. The van der Waals surface area contributed by atoms with Gasteiger partial charge in [0.15, 0.2) is 0 Å². The second-order valence-electron chi connectivity index (χ2n) is 6.28. The van der Waals surface area contributed by atoms with Crippen molar-refractivity contribution < 1.29 is 18.8 Å². The Labute approximate surface area is 170 Å². The van der Waals surface area contributed by atoms with Crippen LogP contribution in [0.25, 0.3) is 10.6 Å². The van der Waals surface area contributed by atoms with Crippen LogP contribution >= 0.6 is 11.3 Å². The average molecular weight is 415 g/mol. The van der Waals surface area contributed by atoms with Gasteiger partial charge in [0.25, 0.3) is 5.69 Å². The van der Waals surface area contributed by atoms with Crippen molar-refractivity contribution in [1.29, 1.82) is 0 Å². The van der Waals surface area contributed by atoms with E-state index in [1.807, 2.05) is 19.1 Å². The van der Waals surface area contributed by atoms with Gasteiger partial charge >= 0.3 is 5.97 Å². The largest absolute Gasteiger partial charge is 0.468 e. The third kappa shape index (κ3) is 4.62. The van der Waals surface area contributed by atoms with E-state index >= 15 is 0 Å². The first-order chi connectivity index (χ1) is 13.9. The van der Waals surface area contributed by atoms with E-state index in [0.717, 1.165) is 35.9 Å². The zero-order valence-electron chi connectivity index (χ0n) is 15.8. The number of pyridine rings is 1. The Kier molecular flexibility index (Phi) is 6.28. The van der Waals surface area contributed by atoms with Gasteiger partial charge in [-0.3, -0.25) is 19.9 Å². The first-order valence-corrected chi connectivity index (χ1v) is 9.72. The van der Waals surface area contributed by atoms with Crippen molar-refractivity contribution in [3.8, 4) is 10.6 Å². The molecule has 0 aliphatic heterocycles. The second kappa shape index (κ2) is 8.87. The Balaban J connectivity index is 1.97. The van der Waals surface area contributed by atoms with Crippen LogP contribution in [0.15, 0.2) is 41.9 Å². The SMILES string of the molecule is CCc1cc(-c2nc(C(Cc3cc(F)ccc3[N+](=O)[O-])C(=O)OC)cs2)ccn1. The normalized spacial score (nSPS) is 11.8. The van der Waals surface area contributed by atoms with Crippen LogP contribution in [0.3, 0.4) is 0 Å². The van der Waals surface area contributed by atoms with Crippen LogP contribution in [0.5, 0.6) is 0 Å². The molecule has 2 heterocycles. The summed E-state index contributed by atoms with van der Waals surface area (Å²) < 4.78 is 18.6. The van der Waals surface area contributed by atoms with Crippen molar-refractivity contribution in [2.75, 3.05) is 7.11 Å². The Morgan fingerprint density at radius 3 is 2.83 bits per heavy atom. The molecule has 0 fully saturated rings. The molecular formula is C20H18FN3O4S. The maximum atomic E-state index is 13.7. The number of hydrogen-bond donors (Lipinski definition) is 0. The first kappa shape index (κ1) is 20.5. The summed E-state index contributed by atoms with van der Waals surface area (Å²) in [5.74, 6) is -2.10. The number of methoxy groups -OCH3 is 1. The molecule has 29 heavy (non-hydrogen) atoms. The van der Waals surface area contributed by atoms with Crippen molar-refractivity contribution in [2.24, 2.45) is 0 Å². The number of esters is 1. The number of benzene rings is 1. The van der Waals surface area contributed by atoms with Crippen LogP contribution in [0.1, 0.15) is 29.8 Å². The van der Waals surface area contributed by atoms with E-state index in [1.165, 1.54) is 18.4 Å². The lowest BCUT2D eigenvalue weighted by atomic mass is 9.95.